The number of para-hydroxylation sites is 2. The zero-order valence-corrected chi connectivity index (χ0v) is 25.6. The predicted octanol–water partition coefficient (Wildman–Crippen LogP) is 10.2. The van der Waals surface area contributed by atoms with Crippen LogP contribution in [0.1, 0.15) is 56.4 Å². The molecule has 0 radical (unpaired) electrons. The number of hydrogen-bond acceptors (Lipinski definition) is 5. The van der Waals surface area contributed by atoms with Crippen LogP contribution in [0.25, 0.3) is 50.4 Å². The molecule has 0 N–H and O–H groups in total. The Bertz CT molecular complexity index is 2110. The Morgan fingerprint density at radius 1 is 0.750 bits per heavy atom. The van der Waals surface area contributed by atoms with E-state index < -0.39 is 0 Å². The molecule has 0 saturated carbocycles. The number of imidazole rings is 1. The highest BCUT2D eigenvalue weighted by Gasteiger charge is 2.19. The van der Waals surface area contributed by atoms with Gasteiger partial charge in [0.15, 0.2) is 0 Å². The Hall–Kier alpha value is -5.23. The van der Waals surface area contributed by atoms with Crippen molar-refractivity contribution in [3.63, 3.8) is 0 Å². The van der Waals surface area contributed by atoms with Crippen LogP contribution in [-0.4, -0.2) is 19.5 Å². The average Bonchev–Trinajstić information content (AvgIpc) is 3.65. The molecule has 0 atom stereocenters. The summed E-state index contributed by atoms with van der Waals surface area (Å²) in [6, 6.07) is 30.6. The molecular weight excluding hydrogens is 544 g/mol. The number of fused-ring (bicyclic) bond motifs is 3. The molecule has 0 amide bonds. The van der Waals surface area contributed by atoms with Gasteiger partial charge in [0.2, 0.25) is 11.6 Å². The third-order valence-corrected chi connectivity index (χ3v) is 8.04. The molecule has 218 valence electrons. The standard InChI is InChI=1S/C38H34N4O2/c1-23(2)28-12-7-13-29(24(3)4)35(28)42-21-20-39-37(42)26-10-6-11-27(22-26)43-34-17-9-16-33(41-34)32-15-8-14-30-31-19-18-25(5)40-38(31)44-36(30)32/h6-24H,1-5H3. The van der Waals surface area contributed by atoms with Crippen molar-refractivity contribution >= 4 is 22.1 Å². The van der Waals surface area contributed by atoms with Crippen molar-refractivity contribution in [2.45, 2.75) is 46.5 Å². The summed E-state index contributed by atoms with van der Waals surface area (Å²) in [6.07, 6.45) is 3.92. The molecule has 3 aromatic carbocycles. The second-order valence-electron chi connectivity index (χ2n) is 11.8. The third-order valence-electron chi connectivity index (χ3n) is 8.04. The molecule has 0 bridgehead atoms. The van der Waals surface area contributed by atoms with E-state index in [0.717, 1.165) is 44.7 Å². The summed E-state index contributed by atoms with van der Waals surface area (Å²) in [6.45, 7) is 10.9. The fourth-order valence-electron chi connectivity index (χ4n) is 5.90. The van der Waals surface area contributed by atoms with Crippen LogP contribution in [0.2, 0.25) is 0 Å². The highest BCUT2D eigenvalue weighted by Crippen LogP contribution is 2.37. The lowest BCUT2D eigenvalue weighted by Gasteiger charge is -2.21. The first-order valence-electron chi connectivity index (χ1n) is 15.1. The smallest absolute Gasteiger partial charge is 0.227 e. The molecule has 6 nitrogen and oxygen atoms in total. The molecule has 4 heterocycles. The number of ether oxygens (including phenoxy) is 1. The third kappa shape index (κ3) is 4.92. The van der Waals surface area contributed by atoms with Gasteiger partial charge in [-0.2, -0.15) is 0 Å². The van der Waals surface area contributed by atoms with Gasteiger partial charge in [-0.15, -0.1) is 0 Å². The van der Waals surface area contributed by atoms with E-state index in [9.17, 15) is 0 Å². The second-order valence-corrected chi connectivity index (χ2v) is 11.8. The zero-order valence-electron chi connectivity index (χ0n) is 25.6. The number of rotatable bonds is 7. The molecular formula is C38H34N4O2. The van der Waals surface area contributed by atoms with Crippen molar-refractivity contribution in [3.8, 4) is 40.0 Å². The van der Waals surface area contributed by atoms with E-state index in [1.807, 2.05) is 67.7 Å². The molecule has 0 aliphatic carbocycles. The highest BCUT2D eigenvalue weighted by atomic mass is 16.5. The van der Waals surface area contributed by atoms with Crippen LogP contribution in [0.15, 0.2) is 108 Å². The maximum atomic E-state index is 6.34. The van der Waals surface area contributed by atoms with Crippen molar-refractivity contribution in [1.29, 1.82) is 0 Å². The fraction of sp³-hybridized carbons (Fsp3) is 0.184. The van der Waals surface area contributed by atoms with Gasteiger partial charge in [-0.05, 0) is 66.3 Å². The van der Waals surface area contributed by atoms with Gasteiger partial charge >= 0.3 is 0 Å². The molecule has 6 heteroatoms. The summed E-state index contributed by atoms with van der Waals surface area (Å²) in [5.41, 5.74) is 8.74. The largest absolute Gasteiger partial charge is 0.439 e. The Balaban J connectivity index is 1.24. The predicted molar refractivity (Wildman–Crippen MR) is 177 cm³/mol. The van der Waals surface area contributed by atoms with Crippen molar-refractivity contribution in [3.05, 3.63) is 120 Å². The van der Waals surface area contributed by atoms with Gasteiger partial charge in [0.25, 0.3) is 0 Å². The SMILES string of the molecule is Cc1ccc2c(n1)oc1c(-c3cccc(Oc4cccc(-c5nccn5-c5c(C(C)C)cccc5C(C)C)c4)n3)cccc12. The minimum atomic E-state index is 0.373. The lowest BCUT2D eigenvalue weighted by atomic mass is 9.92. The molecule has 44 heavy (non-hydrogen) atoms. The Kier molecular flexibility index (Phi) is 6.97. The van der Waals surface area contributed by atoms with E-state index in [0.29, 0.717) is 29.2 Å². The Labute approximate surface area is 257 Å². The highest BCUT2D eigenvalue weighted by molar-refractivity contribution is 6.08. The van der Waals surface area contributed by atoms with Crippen molar-refractivity contribution in [2.24, 2.45) is 0 Å². The van der Waals surface area contributed by atoms with Gasteiger partial charge in [-0.1, -0.05) is 76.2 Å². The number of benzene rings is 3. The average molecular weight is 579 g/mol. The van der Waals surface area contributed by atoms with Gasteiger partial charge in [0.05, 0.1) is 11.4 Å². The number of aromatic nitrogens is 4. The van der Waals surface area contributed by atoms with Crippen molar-refractivity contribution in [2.75, 3.05) is 0 Å². The van der Waals surface area contributed by atoms with Crippen LogP contribution in [0, 0.1) is 6.92 Å². The van der Waals surface area contributed by atoms with Crippen LogP contribution in [0.5, 0.6) is 11.6 Å². The first-order valence-corrected chi connectivity index (χ1v) is 15.1. The topological polar surface area (TPSA) is 66.0 Å². The Morgan fingerprint density at radius 3 is 2.30 bits per heavy atom. The van der Waals surface area contributed by atoms with E-state index >= 15 is 0 Å². The maximum Gasteiger partial charge on any atom is 0.227 e. The van der Waals surface area contributed by atoms with E-state index in [1.54, 1.807) is 0 Å². The summed E-state index contributed by atoms with van der Waals surface area (Å²) >= 11 is 0. The number of furan rings is 1. The van der Waals surface area contributed by atoms with Crippen LogP contribution in [-0.2, 0) is 0 Å². The zero-order chi connectivity index (χ0) is 30.4. The normalized spacial score (nSPS) is 11.7. The van der Waals surface area contributed by atoms with Gasteiger partial charge in [-0.25, -0.2) is 15.0 Å². The molecule has 0 fully saturated rings. The first-order chi connectivity index (χ1) is 21.4. The second kappa shape index (κ2) is 11.1. The summed E-state index contributed by atoms with van der Waals surface area (Å²) < 4.78 is 14.8. The molecule has 4 aromatic heterocycles. The van der Waals surface area contributed by atoms with Gasteiger partial charge in [-0.3, -0.25) is 4.57 Å². The summed E-state index contributed by atoms with van der Waals surface area (Å²) in [5.74, 6) is 2.80. The first kappa shape index (κ1) is 27.6. The van der Waals surface area contributed by atoms with E-state index in [2.05, 4.69) is 79.8 Å². The maximum absolute atomic E-state index is 6.34. The van der Waals surface area contributed by atoms with Crippen molar-refractivity contribution < 1.29 is 9.15 Å². The van der Waals surface area contributed by atoms with Crippen LogP contribution < -0.4 is 4.74 Å². The number of pyridine rings is 2. The van der Waals surface area contributed by atoms with Crippen LogP contribution >= 0.6 is 0 Å². The molecule has 0 saturated heterocycles. The summed E-state index contributed by atoms with van der Waals surface area (Å²) in [7, 11) is 0. The Morgan fingerprint density at radius 2 is 1.50 bits per heavy atom. The molecule has 7 aromatic rings. The minimum Gasteiger partial charge on any atom is -0.439 e. The van der Waals surface area contributed by atoms with Crippen molar-refractivity contribution in [1.82, 2.24) is 19.5 Å². The lowest BCUT2D eigenvalue weighted by Crippen LogP contribution is -2.07. The number of aryl methyl sites for hydroxylation is 1. The lowest BCUT2D eigenvalue weighted by molar-refractivity contribution is 0.464. The number of nitrogens with zero attached hydrogens (tertiary/aromatic N) is 4. The molecule has 0 unspecified atom stereocenters. The molecule has 0 aliphatic heterocycles. The van der Waals surface area contributed by atoms with Gasteiger partial charge in [0, 0.05) is 46.1 Å². The summed E-state index contributed by atoms with van der Waals surface area (Å²) in [5, 5.41) is 2.01. The minimum absolute atomic E-state index is 0.373. The van der Waals surface area contributed by atoms with E-state index in [1.165, 1.54) is 16.8 Å². The quantitative estimate of drug-likeness (QED) is 0.188. The number of hydrogen-bond donors (Lipinski definition) is 0. The van der Waals surface area contributed by atoms with E-state index in [-0.39, 0.29) is 0 Å². The van der Waals surface area contributed by atoms with Crippen LogP contribution in [0.3, 0.4) is 0 Å². The van der Waals surface area contributed by atoms with Crippen LogP contribution in [0.4, 0.5) is 0 Å². The monoisotopic (exact) mass is 578 g/mol. The van der Waals surface area contributed by atoms with Gasteiger partial charge in [0.1, 0.15) is 17.2 Å². The molecule has 0 aliphatic rings. The van der Waals surface area contributed by atoms with Gasteiger partial charge < -0.3 is 9.15 Å². The molecule has 7 rings (SSSR count). The fourth-order valence-corrected chi connectivity index (χ4v) is 5.90. The molecule has 0 spiro atoms. The summed E-state index contributed by atoms with van der Waals surface area (Å²) in [4.78, 5) is 14.3. The van der Waals surface area contributed by atoms with E-state index in [4.69, 9.17) is 19.1 Å².